The van der Waals surface area contributed by atoms with Gasteiger partial charge in [0.15, 0.2) is 0 Å². The van der Waals surface area contributed by atoms with Crippen molar-refractivity contribution in [3.8, 4) is 11.5 Å². The predicted molar refractivity (Wildman–Crippen MR) is 119 cm³/mol. The van der Waals surface area contributed by atoms with Gasteiger partial charge in [-0.1, -0.05) is 48.5 Å². The Morgan fingerprint density at radius 1 is 0.774 bits per heavy atom. The minimum Gasteiger partial charge on any atom is -0.497 e. The monoisotopic (exact) mass is 414 g/mol. The molecule has 156 valence electrons. The van der Waals surface area contributed by atoms with Crippen molar-refractivity contribution in [3.05, 3.63) is 96.2 Å². The minimum atomic E-state index is -0.369. The van der Waals surface area contributed by atoms with E-state index in [0.717, 1.165) is 11.4 Å². The normalized spacial score (nSPS) is 13.5. The molecular formula is C25H22N2O4. The fourth-order valence-electron chi connectivity index (χ4n) is 3.36. The Kier molecular flexibility index (Phi) is 5.98. The van der Waals surface area contributed by atoms with Crippen LogP contribution in [0.1, 0.15) is 5.56 Å². The summed E-state index contributed by atoms with van der Waals surface area (Å²) in [6.07, 6.45) is 0. The van der Waals surface area contributed by atoms with E-state index in [-0.39, 0.29) is 30.7 Å². The van der Waals surface area contributed by atoms with Crippen molar-refractivity contribution in [1.82, 2.24) is 4.90 Å². The smallest absolute Gasteiger partial charge is 0.278 e. The number of carbonyl (C=O) groups excluding carboxylic acids is 2. The molecular weight excluding hydrogens is 392 g/mol. The molecule has 0 atom stereocenters. The Hall–Kier alpha value is -4.06. The largest absolute Gasteiger partial charge is 0.497 e. The predicted octanol–water partition coefficient (Wildman–Crippen LogP) is 3.97. The fourth-order valence-corrected chi connectivity index (χ4v) is 3.36. The summed E-state index contributed by atoms with van der Waals surface area (Å²) >= 11 is 0. The molecule has 0 bridgehead atoms. The highest BCUT2D eigenvalue weighted by atomic mass is 16.5. The maximum absolute atomic E-state index is 13.2. The SMILES string of the molecule is COc1ccc(OCCN2C(=O)C(Nc3ccccc3)=C(c3ccccc3)C2=O)cc1. The van der Waals surface area contributed by atoms with Crippen molar-refractivity contribution in [2.45, 2.75) is 0 Å². The molecule has 1 aliphatic heterocycles. The molecule has 0 saturated carbocycles. The lowest BCUT2D eigenvalue weighted by atomic mass is 10.0. The number of ether oxygens (including phenoxy) is 2. The summed E-state index contributed by atoms with van der Waals surface area (Å²) < 4.78 is 10.8. The third kappa shape index (κ3) is 4.43. The van der Waals surface area contributed by atoms with Crippen LogP contribution in [0, 0.1) is 0 Å². The zero-order chi connectivity index (χ0) is 21.6. The average Bonchev–Trinajstić information content (AvgIpc) is 3.05. The first-order valence-electron chi connectivity index (χ1n) is 9.92. The number of para-hydroxylation sites is 1. The quantitative estimate of drug-likeness (QED) is 0.565. The number of amides is 2. The highest BCUT2D eigenvalue weighted by Gasteiger charge is 2.39. The minimum absolute atomic E-state index is 0.139. The summed E-state index contributed by atoms with van der Waals surface area (Å²) in [5, 5.41) is 3.13. The molecule has 1 N–H and O–H groups in total. The maximum atomic E-state index is 13.2. The van der Waals surface area contributed by atoms with E-state index in [1.807, 2.05) is 60.7 Å². The molecule has 0 unspecified atom stereocenters. The van der Waals surface area contributed by atoms with Crippen LogP contribution in [0.5, 0.6) is 11.5 Å². The molecule has 0 saturated heterocycles. The van der Waals surface area contributed by atoms with Crippen LogP contribution in [-0.2, 0) is 9.59 Å². The van der Waals surface area contributed by atoms with Crippen molar-refractivity contribution in [2.24, 2.45) is 0 Å². The molecule has 0 radical (unpaired) electrons. The molecule has 1 aliphatic rings. The van der Waals surface area contributed by atoms with Gasteiger partial charge in [0.05, 0.1) is 19.2 Å². The molecule has 0 aromatic heterocycles. The Bertz CT molecular complexity index is 1090. The van der Waals surface area contributed by atoms with Gasteiger partial charge in [-0.05, 0) is 42.0 Å². The number of nitrogens with zero attached hydrogens (tertiary/aromatic N) is 1. The number of rotatable bonds is 8. The number of carbonyl (C=O) groups is 2. The standard InChI is InChI=1S/C25H22N2O4/c1-30-20-12-14-21(15-13-20)31-17-16-27-24(28)22(18-8-4-2-5-9-18)23(25(27)29)26-19-10-6-3-7-11-19/h2-15,26H,16-17H2,1H3. The third-order valence-electron chi connectivity index (χ3n) is 4.92. The molecule has 0 aliphatic carbocycles. The number of hydrogen-bond donors (Lipinski definition) is 1. The second kappa shape index (κ2) is 9.17. The van der Waals surface area contributed by atoms with Crippen LogP contribution in [0.4, 0.5) is 5.69 Å². The van der Waals surface area contributed by atoms with Crippen LogP contribution in [0.2, 0.25) is 0 Å². The van der Waals surface area contributed by atoms with E-state index in [1.54, 1.807) is 31.4 Å². The summed E-state index contributed by atoms with van der Waals surface area (Å²) in [6.45, 7) is 0.324. The summed E-state index contributed by atoms with van der Waals surface area (Å²) in [6, 6.07) is 25.7. The van der Waals surface area contributed by atoms with Gasteiger partial charge in [0.1, 0.15) is 23.8 Å². The molecule has 6 nitrogen and oxygen atoms in total. The second-order valence-electron chi connectivity index (χ2n) is 6.89. The fraction of sp³-hybridized carbons (Fsp3) is 0.120. The number of benzene rings is 3. The van der Waals surface area contributed by atoms with E-state index in [9.17, 15) is 9.59 Å². The van der Waals surface area contributed by atoms with E-state index in [2.05, 4.69) is 5.32 Å². The van der Waals surface area contributed by atoms with E-state index in [4.69, 9.17) is 9.47 Å². The zero-order valence-electron chi connectivity index (χ0n) is 17.1. The van der Waals surface area contributed by atoms with Crippen LogP contribution in [0.3, 0.4) is 0 Å². The van der Waals surface area contributed by atoms with Gasteiger partial charge in [0.25, 0.3) is 11.8 Å². The first-order valence-corrected chi connectivity index (χ1v) is 9.92. The first-order chi connectivity index (χ1) is 15.2. The molecule has 2 amide bonds. The van der Waals surface area contributed by atoms with E-state index in [1.165, 1.54) is 4.90 Å². The number of nitrogens with one attached hydrogen (secondary N) is 1. The Balaban J connectivity index is 1.52. The molecule has 0 fully saturated rings. The third-order valence-corrected chi connectivity index (χ3v) is 4.92. The molecule has 3 aromatic rings. The lowest BCUT2D eigenvalue weighted by molar-refractivity contribution is -0.137. The summed E-state index contributed by atoms with van der Waals surface area (Å²) in [5.41, 5.74) is 2.06. The average molecular weight is 414 g/mol. The van der Waals surface area contributed by atoms with Crippen LogP contribution in [0.15, 0.2) is 90.6 Å². The van der Waals surface area contributed by atoms with Crippen LogP contribution < -0.4 is 14.8 Å². The van der Waals surface area contributed by atoms with Crippen molar-refractivity contribution < 1.29 is 19.1 Å². The van der Waals surface area contributed by atoms with Gasteiger partial charge in [0, 0.05) is 5.69 Å². The highest BCUT2D eigenvalue weighted by molar-refractivity contribution is 6.36. The maximum Gasteiger partial charge on any atom is 0.278 e. The second-order valence-corrected chi connectivity index (χ2v) is 6.89. The van der Waals surface area contributed by atoms with Gasteiger partial charge in [0.2, 0.25) is 0 Å². The van der Waals surface area contributed by atoms with Gasteiger partial charge in [-0.25, -0.2) is 0 Å². The van der Waals surface area contributed by atoms with Gasteiger partial charge in [-0.3, -0.25) is 14.5 Å². The number of imide groups is 1. The summed E-state index contributed by atoms with van der Waals surface area (Å²) in [5.74, 6) is 0.656. The van der Waals surface area contributed by atoms with Gasteiger partial charge in [-0.15, -0.1) is 0 Å². The number of hydrogen-bond acceptors (Lipinski definition) is 5. The highest BCUT2D eigenvalue weighted by Crippen LogP contribution is 2.30. The van der Waals surface area contributed by atoms with Gasteiger partial charge < -0.3 is 14.8 Å². The zero-order valence-corrected chi connectivity index (χ0v) is 17.1. The van der Waals surface area contributed by atoms with E-state index >= 15 is 0 Å². The van der Waals surface area contributed by atoms with Crippen molar-refractivity contribution in [2.75, 3.05) is 25.6 Å². The van der Waals surface area contributed by atoms with Crippen molar-refractivity contribution >= 4 is 23.1 Å². The Labute approximate surface area is 180 Å². The molecule has 4 rings (SSSR count). The molecule has 6 heteroatoms. The topological polar surface area (TPSA) is 67.9 Å². The lowest BCUT2D eigenvalue weighted by Crippen LogP contribution is -2.36. The number of methoxy groups -OCH3 is 1. The summed E-state index contributed by atoms with van der Waals surface area (Å²) in [7, 11) is 1.60. The van der Waals surface area contributed by atoms with Crippen molar-refractivity contribution in [3.63, 3.8) is 0 Å². The number of anilines is 1. The van der Waals surface area contributed by atoms with E-state index in [0.29, 0.717) is 16.9 Å². The molecule has 3 aromatic carbocycles. The Morgan fingerprint density at radius 2 is 1.39 bits per heavy atom. The summed E-state index contributed by atoms with van der Waals surface area (Å²) in [4.78, 5) is 27.5. The lowest BCUT2D eigenvalue weighted by Gasteiger charge is -2.16. The van der Waals surface area contributed by atoms with Crippen LogP contribution >= 0.6 is 0 Å². The van der Waals surface area contributed by atoms with Gasteiger partial charge >= 0.3 is 0 Å². The van der Waals surface area contributed by atoms with Gasteiger partial charge in [-0.2, -0.15) is 0 Å². The van der Waals surface area contributed by atoms with Crippen LogP contribution in [-0.4, -0.2) is 37.0 Å². The first kappa shape index (κ1) is 20.2. The van der Waals surface area contributed by atoms with Crippen molar-refractivity contribution in [1.29, 1.82) is 0 Å². The van der Waals surface area contributed by atoms with E-state index < -0.39 is 0 Å². The Morgan fingerprint density at radius 3 is 2.03 bits per heavy atom. The van der Waals surface area contributed by atoms with Crippen LogP contribution in [0.25, 0.3) is 5.57 Å². The molecule has 0 spiro atoms. The molecule has 31 heavy (non-hydrogen) atoms. The molecule has 1 heterocycles.